The van der Waals surface area contributed by atoms with E-state index < -0.39 is 5.97 Å². The summed E-state index contributed by atoms with van der Waals surface area (Å²) in [6.07, 6.45) is 2.44. The lowest BCUT2D eigenvalue weighted by molar-refractivity contribution is 0.0692. The van der Waals surface area contributed by atoms with E-state index in [1.165, 1.54) is 18.2 Å². The summed E-state index contributed by atoms with van der Waals surface area (Å²) < 4.78 is 5.71. The van der Waals surface area contributed by atoms with Crippen molar-refractivity contribution in [2.45, 2.75) is 39.5 Å². The van der Waals surface area contributed by atoms with Crippen LogP contribution in [0.5, 0.6) is 28.7 Å². The summed E-state index contributed by atoms with van der Waals surface area (Å²) in [5.74, 6) is -1.65. The van der Waals surface area contributed by atoms with E-state index in [-0.39, 0.29) is 34.3 Å². The minimum atomic E-state index is -1.17. The number of carbonyl (C=O) groups is 1. The quantitative estimate of drug-likeness (QED) is 0.598. The minimum absolute atomic E-state index is 0.0467. The Hall–Kier alpha value is -2.89. The Balaban J connectivity index is 2.59. The van der Waals surface area contributed by atoms with Gasteiger partial charge in [0.25, 0.3) is 0 Å². The molecule has 2 rings (SSSR count). The van der Waals surface area contributed by atoms with Crippen LogP contribution in [-0.2, 0) is 12.8 Å². The van der Waals surface area contributed by atoms with E-state index in [0.29, 0.717) is 30.4 Å². The molecule has 0 aliphatic carbocycles. The van der Waals surface area contributed by atoms with E-state index in [4.69, 9.17) is 4.74 Å². The van der Waals surface area contributed by atoms with Crippen LogP contribution in [0.25, 0.3) is 0 Å². The minimum Gasteiger partial charge on any atom is -0.508 e. The molecule has 0 radical (unpaired) electrons. The average Bonchev–Trinajstić information content (AvgIpc) is 2.50. The molecule has 0 aromatic heterocycles. The normalized spacial score (nSPS) is 10.6. The highest BCUT2D eigenvalue weighted by Gasteiger charge is 2.21. The van der Waals surface area contributed by atoms with Crippen LogP contribution in [0.2, 0.25) is 0 Å². The van der Waals surface area contributed by atoms with Gasteiger partial charge in [-0.1, -0.05) is 26.7 Å². The molecule has 0 unspecified atom stereocenters. The summed E-state index contributed by atoms with van der Waals surface area (Å²) in [7, 11) is 0. The molecule has 0 amide bonds. The standard InChI is InChI=1S/C19H22O6/c1-3-5-11-7-14(21)10-16(17(11)19(23)24)25-18-12(6-4-2)8-13(20)9-15(18)22/h7-10,20-22H,3-6H2,1-2H3,(H,23,24). The Morgan fingerprint density at radius 1 is 0.920 bits per heavy atom. The maximum Gasteiger partial charge on any atom is 0.339 e. The first-order chi connectivity index (χ1) is 11.9. The molecular weight excluding hydrogens is 324 g/mol. The monoisotopic (exact) mass is 346 g/mol. The number of phenols is 3. The second kappa shape index (κ2) is 7.79. The molecule has 0 heterocycles. The average molecular weight is 346 g/mol. The van der Waals surface area contributed by atoms with E-state index in [1.54, 1.807) is 0 Å². The Labute approximate surface area is 145 Å². The van der Waals surface area contributed by atoms with Crippen molar-refractivity contribution >= 4 is 5.97 Å². The first-order valence-corrected chi connectivity index (χ1v) is 8.19. The first-order valence-electron chi connectivity index (χ1n) is 8.19. The fourth-order valence-corrected chi connectivity index (χ4v) is 2.79. The van der Waals surface area contributed by atoms with Gasteiger partial charge in [0.1, 0.15) is 22.8 Å². The van der Waals surface area contributed by atoms with Crippen LogP contribution in [0.1, 0.15) is 48.2 Å². The topological polar surface area (TPSA) is 107 Å². The number of benzene rings is 2. The number of rotatable bonds is 7. The van der Waals surface area contributed by atoms with Crippen molar-refractivity contribution in [2.24, 2.45) is 0 Å². The third-order valence-electron chi connectivity index (χ3n) is 3.76. The zero-order valence-electron chi connectivity index (χ0n) is 14.2. The smallest absolute Gasteiger partial charge is 0.339 e. The van der Waals surface area contributed by atoms with Crippen molar-refractivity contribution in [3.05, 3.63) is 41.0 Å². The molecule has 0 spiro atoms. The van der Waals surface area contributed by atoms with Crippen molar-refractivity contribution in [1.82, 2.24) is 0 Å². The number of phenolic OH excluding ortho intramolecular Hbond substituents is 3. The van der Waals surface area contributed by atoms with Crippen LogP contribution in [0.3, 0.4) is 0 Å². The summed E-state index contributed by atoms with van der Waals surface area (Å²) in [4.78, 5) is 11.7. The molecular formula is C19H22O6. The van der Waals surface area contributed by atoms with Gasteiger partial charge >= 0.3 is 5.97 Å². The lowest BCUT2D eigenvalue weighted by Gasteiger charge is -2.17. The van der Waals surface area contributed by atoms with E-state index >= 15 is 0 Å². The highest BCUT2D eigenvalue weighted by Crippen LogP contribution is 2.41. The zero-order valence-corrected chi connectivity index (χ0v) is 14.2. The van der Waals surface area contributed by atoms with Crippen LogP contribution < -0.4 is 4.74 Å². The summed E-state index contributed by atoms with van der Waals surface area (Å²) in [5, 5.41) is 39.3. The van der Waals surface area contributed by atoms with Gasteiger partial charge in [0.15, 0.2) is 11.5 Å². The van der Waals surface area contributed by atoms with Crippen molar-refractivity contribution in [1.29, 1.82) is 0 Å². The lowest BCUT2D eigenvalue weighted by atomic mass is 10.0. The highest BCUT2D eigenvalue weighted by atomic mass is 16.5. The molecule has 134 valence electrons. The molecule has 2 aromatic carbocycles. The summed E-state index contributed by atoms with van der Waals surface area (Å²) in [6, 6.07) is 5.22. The number of carboxylic acids is 1. The molecule has 0 aliphatic heterocycles. The van der Waals surface area contributed by atoms with Gasteiger partial charge in [-0.2, -0.15) is 0 Å². The van der Waals surface area contributed by atoms with Gasteiger partial charge in [0.2, 0.25) is 0 Å². The maximum atomic E-state index is 11.7. The number of aromatic hydroxyl groups is 3. The summed E-state index contributed by atoms with van der Waals surface area (Å²) in [6.45, 7) is 3.84. The van der Waals surface area contributed by atoms with Crippen LogP contribution in [0, 0.1) is 0 Å². The predicted octanol–water partition coefficient (Wildman–Crippen LogP) is 4.20. The number of hydrogen-bond acceptors (Lipinski definition) is 5. The van der Waals surface area contributed by atoms with Crippen LogP contribution in [0.4, 0.5) is 0 Å². The molecule has 25 heavy (non-hydrogen) atoms. The zero-order chi connectivity index (χ0) is 18.6. The number of aryl methyl sites for hydroxylation is 2. The van der Waals surface area contributed by atoms with Crippen molar-refractivity contribution in [2.75, 3.05) is 0 Å². The molecule has 2 aromatic rings. The molecule has 0 aliphatic rings. The Bertz CT molecular complexity index is 782. The molecule has 0 saturated heterocycles. The van der Waals surface area contributed by atoms with Gasteiger partial charge < -0.3 is 25.2 Å². The van der Waals surface area contributed by atoms with E-state index in [1.807, 2.05) is 13.8 Å². The maximum absolute atomic E-state index is 11.7. The summed E-state index contributed by atoms with van der Waals surface area (Å²) >= 11 is 0. The number of aromatic carboxylic acids is 1. The van der Waals surface area contributed by atoms with E-state index in [2.05, 4.69) is 0 Å². The van der Waals surface area contributed by atoms with Crippen molar-refractivity contribution in [3.8, 4) is 28.7 Å². The molecule has 0 bridgehead atoms. The van der Waals surface area contributed by atoms with Crippen molar-refractivity contribution in [3.63, 3.8) is 0 Å². The lowest BCUT2D eigenvalue weighted by Crippen LogP contribution is -2.06. The van der Waals surface area contributed by atoms with Gasteiger partial charge in [0.05, 0.1) is 0 Å². The Kier molecular flexibility index (Phi) is 5.75. The largest absolute Gasteiger partial charge is 0.508 e. The second-order valence-electron chi connectivity index (χ2n) is 5.84. The number of carboxylic acid groups (broad SMARTS) is 1. The first kappa shape index (κ1) is 18.4. The van der Waals surface area contributed by atoms with Crippen LogP contribution in [-0.4, -0.2) is 26.4 Å². The third kappa shape index (κ3) is 4.15. The molecule has 0 saturated carbocycles. The van der Waals surface area contributed by atoms with Crippen LogP contribution in [0.15, 0.2) is 24.3 Å². The Morgan fingerprint density at radius 2 is 1.48 bits per heavy atom. The highest BCUT2D eigenvalue weighted by molar-refractivity contribution is 5.93. The fraction of sp³-hybridized carbons (Fsp3) is 0.316. The molecule has 4 N–H and O–H groups in total. The van der Waals surface area contributed by atoms with Gasteiger partial charge in [-0.3, -0.25) is 0 Å². The van der Waals surface area contributed by atoms with Gasteiger partial charge in [0, 0.05) is 17.7 Å². The fourth-order valence-electron chi connectivity index (χ4n) is 2.79. The molecule has 6 nitrogen and oxygen atoms in total. The van der Waals surface area contributed by atoms with Gasteiger partial charge in [-0.15, -0.1) is 0 Å². The van der Waals surface area contributed by atoms with Gasteiger partial charge in [-0.25, -0.2) is 4.79 Å². The van der Waals surface area contributed by atoms with Crippen molar-refractivity contribution < 1.29 is 30.0 Å². The molecule has 0 fully saturated rings. The SMILES string of the molecule is CCCc1cc(O)cc(O)c1Oc1cc(O)cc(CCC)c1C(=O)O. The van der Waals surface area contributed by atoms with Gasteiger partial charge in [-0.05, 0) is 30.5 Å². The third-order valence-corrected chi connectivity index (χ3v) is 3.76. The second-order valence-corrected chi connectivity index (χ2v) is 5.84. The van der Waals surface area contributed by atoms with E-state index in [9.17, 15) is 25.2 Å². The molecule has 6 heteroatoms. The Morgan fingerprint density at radius 3 is 2.08 bits per heavy atom. The predicted molar refractivity (Wildman–Crippen MR) is 92.9 cm³/mol. The number of ether oxygens (including phenoxy) is 1. The van der Waals surface area contributed by atoms with Crippen LogP contribution >= 0.6 is 0 Å². The summed E-state index contributed by atoms with van der Waals surface area (Å²) in [5.41, 5.74) is 0.964. The molecule has 0 atom stereocenters. The van der Waals surface area contributed by atoms with E-state index in [0.717, 1.165) is 12.5 Å². The number of hydrogen-bond donors (Lipinski definition) is 4.